The van der Waals surface area contributed by atoms with E-state index < -0.39 is 0 Å². The Bertz CT molecular complexity index is 529. The third-order valence-electron chi connectivity index (χ3n) is 3.38. The lowest BCUT2D eigenvalue weighted by Crippen LogP contribution is -2.20. The van der Waals surface area contributed by atoms with Gasteiger partial charge in [0.15, 0.2) is 0 Å². The smallest absolute Gasteiger partial charge is 0.0426 e. The van der Waals surface area contributed by atoms with Gasteiger partial charge in [-0.3, -0.25) is 0 Å². The Hall–Kier alpha value is -1.80. The number of para-hydroxylation sites is 1. The molecule has 0 bridgehead atoms. The Balaban J connectivity index is 2.20. The Morgan fingerprint density at radius 3 is 2.32 bits per heavy atom. The second-order valence-electron chi connectivity index (χ2n) is 5.19. The lowest BCUT2D eigenvalue weighted by Gasteiger charge is -2.24. The molecule has 0 radical (unpaired) electrons. The van der Waals surface area contributed by atoms with Gasteiger partial charge < -0.3 is 10.6 Å². The van der Waals surface area contributed by atoms with Crippen molar-refractivity contribution in [2.24, 2.45) is 5.73 Å². The second-order valence-corrected chi connectivity index (χ2v) is 5.19. The molecule has 0 spiro atoms. The summed E-state index contributed by atoms with van der Waals surface area (Å²) in [4.78, 5) is 2.25. The Morgan fingerprint density at radius 1 is 1.05 bits per heavy atom. The lowest BCUT2D eigenvalue weighted by molar-refractivity contribution is 0.801. The van der Waals surface area contributed by atoms with E-state index >= 15 is 0 Å². The van der Waals surface area contributed by atoms with E-state index in [9.17, 15) is 0 Å². The average molecular weight is 254 g/mol. The van der Waals surface area contributed by atoms with Crippen molar-refractivity contribution < 1.29 is 0 Å². The van der Waals surface area contributed by atoms with Crippen molar-refractivity contribution in [3.63, 3.8) is 0 Å². The molecule has 100 valence electrons. The zero-order valence-electron chi connectivity index (χ0n) is 11.9. The lowest BCUT2D eigenvalue weighted by atomic mass is 10.1. The molecule has 0 aliphatic carbocycles. The van der Waals surface area contributed by atoms with Gasteiger partial charge in [0.05, 0.1) is 0 Å². The van der Waals surface area contributed by atoms with Crippen molar-refractivity contribution in [3.05, 3.63) is 65.2 Å². The number of anilines is 1. The van der Waals surface area contributed by atoms with Crippen LogP contribution < -0.4 is 10.6 Å². The van der Waals surface area contributed by atoms with Crippen LogP contribution in [0.25, 0.3) is 0 Å². The number of aryl methyl sites for hydroxylation is 1. The van der Waals surface area contributed by atoms with Crippen molar-refractivity contribution in [1.82, 2.24) is 0 Å². The molecular weight excluding hydrogens is 232 g/mol. The highest BCUT2D eigenvalue weighted by Crippen LogP contribution is 2.25. The first-order valence-electron chi connectivity index (χ1n) is 6.69. The number of hydrogen-bond donors (Lipinski definition) is 1. The molecule has 0 unspecified atom stereocenters. The largest absolute Gasteiger partial charge is 0.370 e. The predicted octanol–water partition coefficient (Wildman–Crippen LogP) is 3.65. The summed E-state index contributed by atoms with van der Waals surface area (Å²) in [7, 11) is 2.11. The molecule has 2 aromatic rings. The van der Waals surface area contributed by atoms with Gasteiger partial charge >= 0.3 is 0 Å². The molecule has 19 heavy (non-hydrogen) atoms. The van der Waals surface area contributed by atoms with E-state index in [0.717, 1.165) is 6.54 Å². The summed E-state index contributed by atoms with van der Waals surface area (Å²) < 4.78 is 0. The highest BCUT2D eigenvalue weighted by molar-refractivity contribution is 5.54. The number of benzene rings is 2. The van der Waals surface area contributed by atoms with Crippen LogP contribution in [0.4, 0.5) is 5.69 Å². The van der Waals surface area contributed by atoms with E-state index in [-0.39, 0.29) is 6.04 Å². The Morgan fingerprint density at radius 2 is 1.68 bits per heavy atom. The zero-order valence-corrected chi connectivity index (χ0v) is 11.9. The van der Waals surface area contributed by atoms with Crippen LogP contribution in [-0.4, -0.2) is 7.05 Å². The molecule has 0 saturated carbocycles. The summed E-state index contributed by atoms with van der Waals surface area (Å²) in [6.07, 6.45) is 0. The van der Waals surface area contributed by atoms with Crippen molar-refractivity contribution in [3.8, 4) is 0 Å². The van der Waals surface area contributed by atoms with Gasteiger partial charge in [0.2, 0.25) is 0 Å². The van der Waals surface area contributed by atoms with Gasteiger partial charge in [-0.1, -0.05) is 48.0 Å². The van der Waals surface area contributed by atoms with Crippen LogP contribution in [0.3, 0.4) is 0 Å². The highest BCUT2D eigenvalue weighted by atomic mass is 15.1. The third kappa shape index (κ3) is 3.36. The molecule has 2 heteroatoms. The van der Waals surface area contributed by atoms with Crippen LogP contribution in [0, 0.1) is 6.92 Å². The minimum atomic E-state index is 0.0525. The van der Waals surface area contributed by atoms with E-state index in [0.29, 0.717) is 0 Å². The first kappa shape index (κ1) is 13.6. The normalized spacial score (nSPS) is 12.2. The topological polar surface area (TPSA) is 29.3 Å². The summed E-state index contributed by atoms with van der Waals surface area (Å²) in [5, 5.41) is 0. The molecule has 0 aromatic heterocycles. The van der Waals surface area contributed by atoms with Gasteiger partial charge in [-0.2, -0.15) is 0 Å². The molecule has 0 fully saturated rings. The van der Waals surface area contributed by atoms with Gasteiger partial charge in [0.1, 0.15) is 0 Å². The van der Waals surface area contributed by atoms with Crippen LogP contribution in [-0.2, 0) is 6.54 Å². The SMILES string of the molecule is Cc1ccc(CN(C)c2ccccc2[C@H](C)N)cc1. The van der Waals surface area contributed by atoms with Gasteiger partial charge in [-0.15, -0.1) is 0 Å². The average Bonchev–Trinajstić information content (AvgIpc) is 2.41. The number of hydrogen-bond acceptors (Lipinski definition) is 2. The Labute approximate surface area is 115 Å². The third-order valence-corrected chi connectivity index (χ3v) is 3.38. The van der Waals surface area contributed by atoms with Crippen molar-refractivity contribution >= 4 is 5.69 Å². The fraction of sp³-hybridized carbons (Fsp3) is 0.294. The first-order valence-corrected chi connectivity index (χ1v) is 6.69. The molecule has 2 aromatic carbocycles. The number of nitrogens with two attached hydrogens (primary N) is 1. The summed E-state index contributed by atoms with van der Waals surface area (Å²) in [5.74, 6) is 0. The minimum absolute atomic E-state index is 0.0525. The maximum atomic E-state index is 6.04. The van der Waals surface area contributed by atoms with Gasteiger partial charge in [-0.25, -0.2) is 0 Å². The standard InChI is InChI=1S/C17H22N2/c1-13-8-10-15(11-9-13)12-19(3)17-7-5-4-6-16(17)14(2)18/h4-11,14H,12,18H2,1-3H3/t14-/m0/s1. The van der Waals surface area contributed by atoms with E-state index in [4.69, 9.17) is 5.73 Å². The van der Waals surface area contributed by atoms with E-state index in [1.807, 2.05) is 13.0 Å². The molecule has 0 aliphatic heterocycles. The minimum Gasteiger partial charge on any atom is -0.370 e. The molecule has 2 nitrogen and oxygen atoms in total. The predicted molar refractivity (Wildman–Crippen MR) is 82.3 cm³/mol. The molecule has 2 rings (SSSR count). The number of nitrogens with zero attached hydrogens (tertiary/aromatic N) is 1. The zero-order chi connectivity index (χ0) is 13.8. The van der Waals surface area contributed by atoms with Gasteiger partial charge in [0.25, 0.3) is 0 Å². The first-order chi connectivity index (χ1) is 9.08. The molecule has 0 amide bonds. The van der Waals surface area contributed by atoms with Crippen LogP contribution in [0.5, 0.6) is 0 Å². The molecule has 1 atom stereocenters. The molecule has 2 N–H and O–H groups in total. The maximum absolute atomic E-state index is 6.04. The van der Waals surface area contributed by atoms with Crippen LogP contribution in [0.15, 0.2) is 48.5 Å². The van der Waals surface area contributed by atoms with Crippen molar-refractivity contribution in [1.29, 1.82) is 0 Å². The van der Waals surface area contributed by atoms with Crippen molar-refractivity contribution in [2.75, 3.05) is 11.9 Å². The second kappa shape index (κ2) is 5.89. The van der Waals surface area contributed by atoms with Gasteiger partial charge in [-0.05, 0) is 31.0 Å². The maximum Gasteiger partial charge on any atom is 0.0426 e. The summed E-state index contributed by atoms with van der Waals surface area (Å²) >= 11 is 0. The van der Waals surface area contributed by atoms with E-state index in [1.165, 1.54) is 22.4 Å². The van der Waals surface area contributed by atoms with E-state index in [1.54, 1.807) is 0 Å². The highest BCUT2D eigenvalue weighted by Gasteiger charge is 2.10. The molecule has 0 heterocycles. The summed E-state index contributed by atoms with van der Waals surface area (Å²) in [6.45, 7) is 5.03. The van der Waals surface area contributed by atoms with Crippen LogP contribution in [0.1, 0.15) is 29.7 Å². The molecule has 0 saturated heterocycles. The summed E-state index contributed by atoms with van der Waals surface area (Å²) in [5.41, 5.74) is 11.0. The van der Waals surface area contributed by atoms with Crippen LogP contribution in [0.2, 0.25) is 0 Å². The fourth-order valence-electron chi connectivity index (χ4n) is 2.27. The summed E-state index contributed by atoms with van der Waals surface area (Å²) in [6, 6.07) is 17.1. The van der Waals surface area contributed by atoms with Crippen LogP contribution >= 0.6 is 0 Å². The monoisotopic (exact) mass is 254 g/mol. The fourth-order valence-corrected chi connectivity index (χ4v) is 2.27. The van der Waals surface area contributed by atoms with E-state index in [2.05, 4.69) is 61.3 Å². The molecular formula is C17H22N2. The van der Waals surface area contributed by atoms with Crippen molar-refractivity contribution in [2.45, 2.75) is 26.4 Å². The quantitative estimate of drug-likeness (QED) is 0.902. The number of rotatable bonds is 4. The van der Waals surface area contributed by atoms with Gasteiger partial charge in [0, 0.05) is 25.3 Å². The Kier molecular flexibility index (Phi) is 4.23. The molecule has 0 aliphatic rings.